The molecule has 1 fully saturated rings. The molecule has 0 spiro atoms. The van der Waals surface area contributed by atoms with Crippen molar-refractivity contribution in [2.24, 2.45) is 5.73 Å². The van der Waals surface area contributed by atoms with Crippen LogP contribution in [0.5, 0.6) is 0 Å². The summed E-state index contributed by atoms with van der Waals surface area (Å²) in [5.41, 5.74) is 6.55. The molecule has 4 heteroatoms. The van der Waals surface area contributed by atoms with E-state index in [2.05, 4.69) is 21.6 Å². The van der Waals surface area contributed by atoms with E-state index in [1.54, 1.807) is 0 Å². The number of rotatable bonds is 5. The molecule has 0 unspecified atom stereocenters. The molecule has 0 amide bonds. The van der Waals surface area contributed by atoms with E-state index in [1.807, 2.05) is 6.07 Å². The predicted octanol–water partition coefficient (Wildman–Crippen LogP) is 1.50. The molecule has 1 aromatic rings. The molecule has 4 nitrogen and oxygen atoms in total. The minimum Gasteiger partial charge on any atom is -0.369 e. The SMILES string of the molecule is NCCCNc1ccc(C2CCC2)nn1. The summed E-state index contributed by atoms with van der Waals surface area (Å²) in [7, 11) is 0. The molecule has 0 radical (unpaired) electrons. The van der Waals surface area contributed by atoms with Gasteiger partial charge >= 0.3 is 0 Å². The maximum atomic E-state index is 5.41. The predicted molar refractivity (Wildman–Crippen MR) is 60.8 cm³/mol. The van der Waals surface area contributed by atoms with Crippen LogP contribution in [0.2, 0.25) is 0 Å². The standard InChI is InChI=1S/C11H18N4/c12-7-2-8-13-11-6-5-10(14-15-11)9-3-1-4-9/h5-6,9H,1-4,7-8,12H2,(H,13,15). The van der Waals surface area contributed by atoms with E-state index >= 15 is 0 Å². The lowest BCUT2D eigenvalue weighted by atomic mass is 9.83. The van der Waals surface area contributed by atoms with Gasteiger partial charge < -0.3 is 11.1 Å². The molecule has 1 heterocycles. The lowest BCUT2D eigenvalue weighted by Crippen LogP contribution is -2.13. The second-order valence-electron chi connectivity index (χ2n) is 4.04. The fourth-order valence-electron chi connectivity index (χ4n) is 1.68. The van der Waals surface area contributed by atoms with Crippen LogP contribution in [-0.2, 0) is 0 Å². The molecule has 1 aliphatic rings. The van der Waals surface area contributed by atoms with Crippen molar-refractivity contribution in [3.8, 4) is 0 Å². The molecule has 0 aliphatic heterocycles. The Morgan fingerprint density at radius 1 is 1.33 bits per heavy atom. The van der Waals surface area contributed by atoms with Gasteiger partial charge in [0, 0.05) is 12.5 Å². The summed E-state index contributed by atoms with van der Waals surface area (Å²) >= 11 is 0. The minimum absolute atomic E-state index is 0.663. The normalized spacial score (nSPS) is 16.1. The molecule has 15 heavy (non-hydrogen) atoms. The summed E-state index contributed by atoms with van der Waals surface area (Å²) in [6, 6.07) is 4.10. The molecular weight excluding hydrogens is 188 g/mol. The highest BCUT2D eigenvalue weighted by Crippen LogP contribution is 2.34. The largest absolute Gasteiger partial charge is 0.369 e. The highest BCUT2D eigenvalue weighted by Gasteiger charge is 2.20. The fourth-order valence-corrected chi connectivity index (χ4v) is 1.68. The van der Waals surface area contributed by atoms with E-state index in [0.717, 1.165) is 24.5 Å². The maximum absolute atomic E-state index is 5.41. The number of hydrogen-bond acceptors (Lipinski definition) is 4. The van der Waals surface area contributed by atoms with Gasteiger partial charge in [0.2, 0.25) is 0 Å². The Hall–Kier alpha value is -1.16. The Balaban J connectivity index is 1.86. The Morgan fingerprint density at radius 2 is 2.20 bits per heavy atom. The minimum atomic E-state index is 0.663. The van der Waals surface area contributed by atoms with E-state index in [9.17, 15) is 0 Å². The summed E-state index contributed by atoms with van der Waals surface area (Å²) in [4.78, 5) is 0. The van der Waals surface area contributed by atoms with Crippen molar-refractivity contribution in [1.29, 1.82) is 0 Å². The van der Waals surface area contributed by atoms with Gasteiger partial charge in [-0.3, -0.25) is 0 Å². The van der Waals surface area contributed by atoms with Crippen molar-refractivity contribution < 1.29 is 0 Å². The van der Waals surface area contributed by atoms with Crippen LogP contribution in [0.4, 0.5) is 5.82 Å². The van der Waals surface area contributed by atoms with Crippen LogP contribution < -0.4 is 11.1 Å². The summed E-state index contributed by atoms with van der Waals surface area (Å²) in [6.45, 7) is 1.58. The molecule has 3 N–H and O–H groups in total. The van der Waals surface area contributed by atoms with Crippen LogP contribution >= 0.6 is 0 Å². The summed E-state index contributed by atoms with van der Waals surface area (Å²) < 4.78 is 0. The second kappa shape index (κ2) is 5.07. The van der Waals surface area contributed by atoms with Gasteiger partial charge in [0.15, 0.2) is 0 Å². The first-order valence-corrected chi connectivity index (χ1v) is 5.67. The number of nitrogens with zero attached hydrogens (tertiary/aromatic N) is 2. The average Bonchev–Trinajstić information content (AvgIpc) is 2.18. The fraction of sp³-hybridized carbons (Fsp3) is 0.636. The molecule has 0 atom stereocenters. The Bertz CT molecular complexity index is 292. The average molecular weight is 206 g/mol. The first-order valence-electron chi connectivity index (χ1n) is 5.67. The molecule has 82 valence electrons. The Kier molecular flexibility index (Phi) is 3.50. The third-order valence-electron chi connectivity index (χ3n) is 2.90. The van der Waals surface area contributed by atoms with Crippen LogP contribution in [0.3, 0.4) is 0 Å². The molecular formula is C11H18N4. The first kappa shape index (κ1) is 10.4. The van der Waals surface area contributed by atoms with E-state index < -0.39 is 0 Å². The second-order valence-corrected chi connectivity index (χ2v) is 4.04. The Labute approximate surface area is 90.3 Å². The van der Waals surface area contributed by atoms with Crippen molar-refractivity contribution in [1.82, 2.24) is 10.2 Å². The van der Waals surface area contributed by atoms with Crippen LogP contribution in [0.25, 0.3) is 0 Å². The lowest BCUT2D eigenvalue weighted by molar-refractivity contribution is 0.408. The highest BCUT2D eigenvalue weighted by molar-refractivity contribution is 5.33. The molecule has 1 aromatic heterocycles. The van der Waals surface area contributed by atoms with E-state index in [0.29, 0.717) is 12.5 Å². The van der Waals surface area contributed by atoms with Gasteiger partial charge in [0.05, 0.1) is 5.69 Å². The van der Waals surface area contributed by atoms with Crippen molar-refractivity contribution in [3.05, 3.63) is 17.8 Å². The van der Waals surface area contributed by atoms with Gasteiger partial charge in [0.1, 0.15) is 5.82 Å². The van der Waals surface area contributed by atoms with Gasteiger partial charge in [-0.15, -0.1) is 5.10 Å². The van der Waals surface area contributed by atoms with Crippen molar-refractivity contribution in [2.75, 3.05) is 18.4 Å². The zero-order chi connectivity index (χ0) is 10.5. The third kappa shape index (κ3) is 2.65. The number of nitrogens with one attached hydrogen (secondary N) is 1. The lowest BCUT2D eigenvalue weighted by Gasteiger charge is -2.24. The van der Waals surface area contributed by atoms with Gasteiger partial charge in [0.25, 0.3) is 0 Å². The smallest absolute Gasteiger partial charge is 0.148 e. The number of aromatic nitrogens is 2. The van der Waals surface area contributed by atoms with Gasteiger partial charge in [-0.05, 0) is 37.9 Å². The summed E-state index contributed by atoms with van der Waals surface area (Å²) in [6.07, 6.45) is 4.85. The highest BCUT2D eigenvalue weighted by atomic mass is 15.2. The quantitative estimate of drug-likeness (QED) is 0.717. The van der Waals surface area contributed by atoms with Gasteiger partial charge in [-0.25, -0.2) is 0 Å². The summed E-state index contributed by atoms with van der Waals surface area (Å²) in [5, 5.41) is 11.6. The van der Waals surface area contributed by atoms with Crippen LogP contribution in [0.1, 0.15) is 37.3 Å². The number of nitrogens with two attached hydrogens (primary N) is 1. The van der Waals surface area contributed by atoms with Gasteiger partial charge in [-0.2, -0.15) is 5.10 Å². The molecule has 0 saturated heterocycles. The number of hydrogen-bond donors (Lipinski definition) is 2. The maximum Gasteiger partial charge on any atom is 0.148 e. The number of anilines is 1. The van der Waals surface area contributed by atoms with Crippen molar-refractivity contribution >= 4 is 5.82 Å². The van der Waals surface area contributed by atoms with Crippen LogP contribution in [-0.4, -0.2) is 23.3 Å². The van der Waals surface area contributed by atoms with Crippen LogP contribution in [0, 0.1) is 0 Å². The Morgan fingerprint density at radius 3 is 2.73 bits per heavy atom. The summed E-state index contributed by atoms with van der Waals surface area (Å²) in [5.74, 6) is 1.52. The van der Waals surface area contributed by atoms with Crippen LogP contribution in [0.15, 0.2) is 12.1 Å². The van der Waals surface area contributed by atoms with Gasteiger partial charge in [-0.1, -0.05) is 6.42 Å². The van der Waals surface area contributed by atoms with Crippen molar-refractivity contribution in [2.45, 2.75) is 31.6 Å². The molecule has 0 aromatic carbocycles. The van der Waals surface area contributed by atoms with E-state index in [1.165, 1.54) is 19.3 Å². The third-order valence-corrected chi connectivity index (χ3v) is 2.90. The molecule has 0 bridgehead atoms. The topological polar surface area (TPSA) is 63.8 Å². The van der Waals surface area contributed by atoms with E-state index in [-0.39, 0.29) is 0 Å². The van der Waals surface area contributed by atoms with Crippen molar-refractivity contribution in [3.63, 3.8) is 0 Å². The monoisotopic (exact) mass is 206 g/mol. The molecule has 1 saturated carbocycles. The first-order chi connectivity index (χ1) is 7.40. The molecule has 1 aliphatic carbocycles. The zero-order valence-electron chi connectivity index (χ0n) is 8.95. The van der Waals surface area contributed by atoms with E-state index in [4.69, 9.17) is 5.73 Å². The zero-order valence-corrected chi connectivity index (χ0v) is 8.95. The molecule has 2 rings (SSSR count).